The van der Waals surface area contributed by atoms with Crippen molar-refractivity contribution < 1.29 is 0 Å². The van der Waals surface area contributed by atoms with Gasteiger partial charge in [0.15, 0.2) is 5.82 Å². The van der Waals surface area contributed by atoms with E-state index < -0.39 is 0 Å². The van der Waals surface area contributed by atoms with E-state index in [9.17, 15) is 0 Å². The Morgan fingerprint density at radius 1 is 1.00 bits per heavy atom. The van der Waals surface area contributed by atoms with Crippen molar-refractivity contribution in [2.75, 3.05) is 0 Å². The van der Waals surface area contributed by atoms with E-state index in [-0.39, 0.29) is 0 Å². The number of nitrogens with zero attached hydrogens (tertiary/aromatic N) is 4. The molecule has 88 valence electrons. The van der Waals surface area contributed by atoms with Crippen LogP contribution in [0, 0.1) is 0 Å². The molecule has 0 aliphatic rings. The Morgan fingerprint density at radius 2 is 1.83 bits per heavy atom. The highest BCUT2D eigenvalue weighted by atomic mass is 35.5. The fourth-order valence-corrected chi connectivity index (χ4v) is 1.82. The molecule has 3 aromatic rings. The number of benzene rings is 1. The van der Waals surface area contributed by atoms with Crippen LogP contribution in [-0.4, -0.2) is 19.7 Å². The summed E-state index contributed by atoms with van der Waals surface area (Å²) in [5.74, 6) is 0.650. The van der Waals surface area contributed by atoms with Crippen LogP contribution in [-0.2, 0) is 0 Å². The number of aromatic nitrogens is 4. The summed E-state index contributed by atoms with van der Waals surface area (Å²) < 4.78 is 1.68. The lowest BCUT2D eigenvalue weighted by atomic mass is 10.1. The minimum atomic E-state index is 0.400. The van der Waals surface area contributed by atoms with Crippen molar-refractivity contribution in [1.82, 2.24) is 19.7 Å². The summed E-state index contributed by atoms with van der Waals surface area (Å²) >= 11 is 5.83. The zero-order valence-electron chi connectivity index (χ0n) is 9.36. The van der Waals surface area contributed by atoms with Crippen molar-refractivity contribution in [2.24, 2.45) is 0 Å². The topological polar surface area (TPSA) is 43.6 Å². The molecule has 3 rings (SSSR count). The maximum absolute atomic E-state index is 5.83. The molecule has 0 bridgehead atoms. The summed E-state index contributed by atoms with van der Waals surface area (Å²) in [7, 11) is 0. The number of hydrogen-bond acceptors (Lipinski definition) is 3. The first-order valence-electron chi connectivity index (χ1n) is 5.41. The van der Waals surface area contributed by atoms with Gasteiger partial charge >= 0.3 is 0 Å². The summed E-state index contributed by atoms with van der Waals surface area (Å²) in [5, 5.41) is 4.67. The minimum absolute atomic E-state index is 0.400. The van der Waals surface area contributed by atoms with Crippen LogP contribution in [0.1, 0.15) is 0 Å². The first-order valence-corrected chi connectivity index (χ1v) is 5.79. The predicted octanol–water partition coefficient (Wildman–Crippen LogP) is 2.98. The van der Waals surface area contributed by atoms with Gasteiger partial charge in [0.2, 0.25) is 0 Å². The van der Waals surface area contributed by atoms with Gasteiger partial charge in [0, 0.05) is 17.8 Å². The summed E-state index contributed by atoms with van der Waals surface area (Å²) in [5.41, 5.74) is 2.15. The number of halogens is 1. The minimum Gasteiger partial charge on any atom is -0.224 e. The molecule has 0 unspecified atom stereocenters. The van der Waals surface area contributed by atoms with Gasteiger partial charge in [-0.1, -0.05) is 41.9 Å². The van der Waals surface area contributed by atoms with E-state index in [1.54, 1.807) is 16.9 Å². The van der Waals surface area contributed by atoms with Crippen LogP contribution in [0.25, 0.3) is 16.9 Å². The van der Waals surface area contributed by atoms with Crippen LogP contribution in [0.3, 0.4) is 0 Å². The number of rotatable bonds is 2. The predicted molar refractivity (Wildman–Crippen MR) is 69.6 cm³/mol. The molecular formula is C13H9ClN4. The fourth-order valence-electron chi connectivity index (χ4n) is 1.68. The molecule has 0 fully saturated rings. The van der Waals surface area contributed by atoms with Crippen molar-refractivity contribution in [3.63, 3.8) is 0 Å². The van der Waals surface area contributed by atoms with Crippen LogP contribution < -0.4 is 0 Å². The quantitative estimate of drug-likeness (QED) is 0.662. The van der Waals surface area contributed by atoms with Gasteiger partial charge in [-0.25, -0.2) is 14.6 Å². The summed E-state index contributed by atoms with van der Waals surface area (Å²) in [6.45, 7) is 0. The maximum Gasteiger partial charge on any atom is 0.158 e. The van der Waals surface area contributed by atoms with Crippen molar-refractivity contribution in [2.45, 2.75) is 0 Å². The van der Waals surface area contributed by atoms with Crippen molar-refractivity contribution in [3.8, 4) is 16.9 Å². The van der Waals surface area contributed by atoms with Crippen LogP contribution in [0.15, 0.2) is 55.1 Å². The largest absolute Gasteiger partial charge is 0.224 e. The Balaban J connectivity index is 2.00. The Labute approximate surface area is 109 Å². The van der Waals surface area contributed by atoms with Gasteiger partial charge in [-0.2, -0.15) is 5.10 Å². The van der Waals surface area contributed by atoms with Crippen molar-refractivity contribution >= 4 is 11.6 Å². The first-order chi connectivity index (χ1) is 8.83. The van der Waals surface area contributed by atoms with E-state index in [1.807, 2.05) is 36.5 Å². The van der Waals surface area contributed by atoms with E-state index in [0.29, 0.717) is 11.0 Å². The molecule has 1 aromatic carbocycles. The van der Waals surface area contributed by atoms with Gasteiger partial charge < -0.3 is 0 Å². The molecule has 0 aliphatic heterocycles. The third kappa shape index (κ3) is 2.10. The highest BCUT2D eigenvalue weighted by molar-refractivity contribution is 6.29. The lowest BCUT2D eigenvalue weighted by molar-refractivity contribution is 0.839. The normalized spacial score (nSPS) is 10.5. The third-order valence-corrected chi connectivity index (χ3v) is 2.75. The van der Waals surface area contributed by atoms with E-state index in [0.717, 1.165) is 11.1 Å². The molecule has 2 heterocycles. The molecule has 18 heavy (non-hydrogen) atoms. The molecule has 0 atom stereocenters. The SMILES string of the molecule is Clc1cc(-n2cc(-c3ccccc3)cn2)ncn1. The Morgan fingerprint density at radius 3 is 2.61 bits per heavy atom. The monoisotopic (exact) mass is 256 g/mol. The van der Waals surface area contributed by atoms with E-state index in [4.69, 9.17) is 11.6 Å². The standard InChI is InChI=1S/C13H9ClN4/c14-12-6-13(16-9-15-12)18-8-11(7-17-18)10-4-2-1-3-5-10/h1-9H. The molecule has 0 saturated heterocycles. The highest BCUT2D eigenvalue weighted by Gasteiger charge is 2.04. The lowest BCUT2D eigenvalue weighted by Gasteiger charge is -1.99. The molecule has 0 saturated carbocycles. The van der Waals surface area contributed by atoms with Gasteiger partial charge in [-0.15, -0.1) is 0 Å². The van der Waals surface area contributed by atoms with E-state index in [2.05, 4.69) is 15.1 Å². The maximum atomic E-state index is 5.83. The molecular weight excluding hydrogens is 248 g/mol. The summed E-state index contributed by atoms with van der Waals surface area (Å²) in [4.78, 5) is 7.97. The van der Waals surface area contributed by atoms with E-state index >= 15 is 0 Å². The van der Waals surface area contributed by atoms with Gasteiger partial charge in [0.05, 0.1) is 6.20 Å². The second-order valence-electron chi connectivity index (χ2n) is 3.74. The first kappa shape index (κ1) is 10.9. The Bertz CT molecular complexity index is 664. The molecule has 0 N–H and O–H groups in total. The van der Waals surface area contributed by atoms with Gasteiger partial charge in [0.1, 0.15) is 11.5 Å². The zero-order chi connectivity index (χ0) is 12.4. The van der Waals surface area contributed by atoms with Crippen LogP contribution in [0.4, 0.5) is 0 Å². The third-order valence-electron chi connectivity index (χ3n) is 2.54. The number of hydrogen-bond donors (Lipinski definition) is 0. The smallest absolute Gasteiger partial charge is 0.158 e. The second kappa shape index (κ2) is 4.58. The van der Waals surface area contributed by atoms with Gasteiger partial charge in [-0.05, 0) is 5.56 Å². The van der Waals surface area contributed by atoms with Crippen molar-refractivity contribution in [3.05, 3.63) is 60.3 Å². The Kier molecular flexibility index (Phi) is 2.78. The Hall–Kier alpha value is -2.20. The highest BCUT2D eigenvalue weighted by Crippen LogP contribution is 2.19. The van der Waals surface area contributed by atoms with Crippen LogP contribution in [0.5, 0.6) is 0 Å². The molecule has 0 spiro atoms. The van der Waals surface area contributed by atoms with E-state index in [1.165, 1.54) is 6.33 Å². The summed E-state index contributed by atoms with van der Waals surface area (Å²) in [6.07, 6.45) is 5.13. The molecule has 5 heteroatoms. The zero-order valence-corrected chi connectivity index (χ0v) is 10.1. The van der Waals surface area contributed by atoms with Gasteiger partial charge in [-0.3, -0.25) is 0 Å². The molecule has 0 aliphatic carbocycles. The molecule has 0 radical (unpaired) electrons. The fraction of sp³-hybridized carbons (Fsp3) is 0. The lowest BCUT2D eigenvalue weighted by Crippen LogP contribution is -1.97. The molecule has 2 aromatic heterocycles. The second-order valence-corrected chi connectivity index (χ2v) is 4.13. The van der Waals surface area contributed by atoms with Crippen LogP contribution in [0.2, 0.25) is 5.15 Å². The average Bonchev–Trinajstić information content (AvgIpc) is 2.89. The van der Waals surface area contributed by atoms with Gasteiger partial charge in [0.25, 0.3) is 0 Å². The summed E-state index contributed by atoms with van der Waals surface area (Å²) in [6, 6.07) is 11.7. The molecule has 4 nitrogen and oxygen atoms in total. The average molecular weight is 257 g/mol. The van der Waals surface area contributed by atoms with Crippen molar-refractivity contribution in [1.29, 1.82) is 0 Å². The molecule has 0 amide bonds. The van der Waals surface area contributed by atoms with Crippen LogP contribution >= 0.6 is 11.6 Å².